The van der Waals surface area contributed by atoms with Gasteiger partial charge in [0.05, 0.1) is 13.5 Å². The van der Waals surface area contributed by atoms with Crippen LogP contribution in [-0.4, -0.2) is 25.0 Å². The normalized spacial score (nSPS) is 19.1. The topological polar surface area (TPSA) is 67.4 Å². The molecule has 17 heavy (non-hydrogen) atoms. The maximum atomic E-state index is 11.4. The summed E-state index contributed by atoms with van der Waals surface area (Å²) in [6, 6.07) is 5.06. The molecule has 1 saturated heterocycles. The number of ether oxygens (including phenoxy) is 1. The molecule has 1 aromatic carbocycles. The molecule has 0 spiro atoms. The van der Waals surface area contributed by atoms with E-state index in [1.807, 2.05) is 25.1 Å². The quantitative estimate of drug-likeness (QED) is 0.760. The molecule has 0 aromatic heterocycles. The average molecular weight is 234 g/mol. The van der Waals surface area contributed by atoms with Crippen molar-refractivity contribution in [3.63, 3.8) is 0 Å². The zero-order valence-electron chi connectivity index (χ0n) is 9.74. The third-order valence-corrected chi connectivity index (χ3v) is 2.74. The van der Waals surface area contributed by atoms with Gasteiger partial charge in [0.2, 0.25) is 11.8 Å². The van der Waals surface area contributed by atoms with Crippen molar-refractivity contribution in [3.8, 4) is 5.75 Å². The number of hydrogen-bond acceptors (Lipinski definition) is 4. The second-order valence-corrected chi connectivity index (χ2v) is 3.99. The second kappa shape index (κ2) is 4.45. The lowest BCUT2D eigenvalue weighted by Crippen LogP contribution is -2.30. The summed E-state index contributed by atoms with van der Waals surface area (Å²) in [5.41, 5.74) is 1.80. The molecule has 2 N–H and O–H groups in total. The van der Waals surface area contributed by atoms with Crippen LogP contribution in [0.3, 0.4) is 0 Å². The molecular weight excluding hydrogens is 220 g/mol. The van der Waals surface area contributed by atoms with E-state index in [2.05, 4.69) is 10.6 Å². The molecule has 90 valence electrons. The average Bonchev–Trinajstić information content (AvgIpc) is 2.60. The highest BCUT2D eigenvalue weighted by atomic mass is 16.5. The van der Waals surface area contributed by atoms with Gasteiger partial charge in [-0.3, -0.25) is 14.9 Å². The van der Waals surface area contributed by atoms with Gasteiger partial charge in [-0.05, 0) is 18.6 Å². The summed E-state index contributed by atoms with van der Waals surface area (Å²) < 4.78 is 5.11. The van der Waals surface area contributed by atoms with Gasteiger partial charge in [0.25, 0.3) is 0 Å². The molecule has 2 amide bonds. The Morgan fingerprint density at radius 2 is 2.18 bits per heavy atom. The van der Waals surface area contributed by atoms with Gasteiger partial charge in [-0.25, -0.2) is 0 Å². The highest BCUT2D eigenvalue weighted by Crippen LogP contribution is 2.23. The fraction of sp³-hybridized carbons (Fsp3) is 0.333. The Morgan fingerprint density at radius 3 is 2.76 bits per heavy atom. The highest BCUT2D eigenvalue weighted by molar-refractivity contribution is 6.06. The Bertz CT molecular complexity index is 471. The molecule has 5 heteroatoms. The minimum absolute atomic E-state index is 0.176. The van der Waals surface area contributed by atoms with Crippen molar-refractivity contribution in [2.75, 3.05) is 12.4 Å². The van der Waals surface area contributed by atoms with Gasteiger partial charge in [-0.15, -0.1) is 0 Å². The SMILES string of the molecule is COc1ccc(C)c(NC2CC(=O)NC2=O)c1. The predicted molar refractivity (Wildman–Crippen MR) is 62.9 cm³/mol. The molecular formula is C12H14N2O3. The number of anilines is 1. The summed E-state index contributed by atoms with van der Waals surface area (Å²) in [7, 11) is 1.58. The minimum atomic E-state index is -0.492. The molecule has 1 aliphatic rings. The first-order chi connectivity index (χ1) is 8.10. The Labute approximate surface area is 99.2 Å². The monoisotopic (exact) mass is 234 g/mol. The molecule has 1 unspecified atom stereocenters. The zero-order chi connectivity index (χ0) is 12.4. The maximum Gasteiger partial charge on any atom is 0.249 e. The van der Waals surface area contributed by atoms with Crippen LogP contribution in [-0.2, 0) is 9.59 Å². The van der Waals surface area contributed by atoms with Crippen molar-refractivity contribution in [1.29, 1.82) is 0 Å². The lowest BCUT2D eigenvalue weighted by Gasteiger charge is -2.14. The molecule has 0 bridgehead atoms. The number of methoxy groups -OCH3 is 1. The molecule has 1 atom stereocenters. The van der Waals surface area contributed by atoms with E-state index in [1.54, 1.807) is 7.11 Å². The first-order valence-corrected chi connectivity index (χ1v) is 5.35. The fourth-order valence-electron chi connectivity index (χ4n) is 1.74. The summed E-state index contributed by atoms with van der Waals surface area (Å²) in [5, 5.41) is 5.31. The minimum Gasteiger partial charge on any atom is -0.497 e. The molecule has 1 aliphatic heterocycles. The van der Waals surface area contributed by atoms with E-state index in [0.717, 1.165) is 11.3 Å². The van der Waals surface area contributed by atoms with Gasteiger partial charge < -0.3 is 10.1 Å². The number of benzene rings is 1. The molecule has 1 heterocycles. The van der Waals surface area contributed by atoms with Gasteiger partial charge in [-0.1, -0.05) is 6.07 Å². The van der Waals surface area contributed by atoms with E-state index in [1.165, 1.54) is 0 Å². The third-order valence-electron chi connectivity index (χ3n) is 2.74. The molecule has 0 radical (unpaired) electrons. The number of nitrogens with one attached hydrogen (secondary N) is 2. The first kappa shape index (κ1) is 11.4. The number of hydrogen-bond donors (Lipinski definition) is 2. The second-order valence-electron chi connectivity index (χ2n) is 3.99. The van der Waals surface area contributed by atoms with Gasteiger partial charge >= 0.3 is 0 Å². The number of imide groups is 1. The maximum absolute atomic E-state index is 11.4. The summed E-state index contributed by atoms with van der Waals surface area (Å²) in [6.45, 7) is 1.93. The van der Waals surface area contributed by atoms with E-state index in [4.69, 9.17) is 4.74 Å². The van der Waals surface area contributed by atoms with E-state index < -0.39 is 6.04 Å². The van der Waals surface area contributed by atoms with Crippen LogP contribution in [0.1, 0.15) is 12.0 Å². The fourth-order valence-corrected chi connectivity index (χ4v) is 1.74. The van der Waals surface area contributed by atoms with E-state index in [0.29, 0.717) is 5.75 Å². The Hall–Kier alpha value is -2.04. The highest BCUT2D eigenvalue weighted by Gasteiger charge is 2.30. The Kier molecular flexibility index (Phi) is 2.99. The van der Waals surface area contributed by atoms with Crippen molar-refractivity contribution < 1.29 is 14.3 Å². The van der Waals surface area contributed by atoms with E-state index in [9.17, 15) is 9.59 Å². The van der Waals surface area contributed by atoms with Crippen molar-refractivity contribution in [2.45, 2.75) is 19.4 Å². The van der Waals surface area contributed by atoms with Crippen LogP contribution in [0.5, 0.6) is 5.75 Å². The molecule has 0 saturated carbocycles. The summed E-state index contributed by atoms with van der Waals surface area (Å²) in [4.78, 5) is 22.5. The van der Waals surface area contributed by atoms with Crippen LogP contribution in [0.2, 0.25) is 0 Å². The number of carbonyl (C=O) groups excluding carboxylic acids is 2. The van der Waals surface area contributed by atoms with Crippen LogP contribution in [0, 0.1) is 6.92 Å². The number of rotatable bonds is 3. The Balaban J connectivity index is 2.18. The Morgan fingerprint density at radius 1 is 1.41 bits per heavy atom. The molecule has 1 fully saturated rings. The van der Waals surface area contributed by atoms with Crippen LogP contribution in [0.25, 0.3) is 0 Å². The van der Waals surface area contributed by atoms with Gasteiger partial charge in [0.15, 0.2) is 0 Å². The predicted octanol–water partition coefficient (Wildman–Crippen LogP) is 0.831. The van der Waals surface area contributed by atoms with Crippen LogP contribution >= 0.6 is 0 Å². The van der Waals surface area contributed by atoms with Crippen molar-refractivity contribution >= 4 is 17.5 Å². The number of aryl methyl sites for hydroxylation is 1. The number of carbonyl (C=O) groups is 2. The number of amides is 2. The van der Waals surface area contributed by atoms with Crippen LogP contribution < -0.4 is 15.4 Å². The molecule has 5 nitrogen and oxygen atoms in total. The standard InChI is InChI=1S/C12H14N2O3/c1-7-3-4-8(17-2)5-9(7)13-10-6-11(15)14-12(10)16/h3-5,10,13H,6H2,1-2H3,(H,14,15,16). The molecule has 1 aromatic rings. The van der Waals surface area contributed by atoms with Crippen LogP contribution in [0.15, 0.2) is 18.2 Å². The smallest absolute Gasteiger partial charge is 0.249 e. The van der Waals surface area contributed by atoms with Gasteiger partial charge in [0, 0.05) is 11.8 Å². The summed E-state index contributed by atoms with van der Waals surface area (Å²) in [5.74, 6) is 0.188. The first-order valence-electron chi connectivity index (χ1n) is 5.35. The largest absolute Gasteiger partial charge is 0.497 e. The third kappa shape index (κ3) is 2.38. The van der Waals surface area contributed by atoms with E-state index >= 15 is 0 Å². The summed E-state index contributed by atoms with van der Waals surface area (Å²) >= 11 is 0. The molecule has 2 rings (SSSR count). The summed E-state index contributed by atoms with van der Waals surface area (Å²) in [6.07, 6.45) is 0.176. The van der Waals surface area contributed by atoms with Crippen LogP contribution in [0.4, 0.5) is 5.69 Å². The zero-order valence-corrected chi connectivity index (χ0v) is 9.74. The van der Waals surface area contributed by atoms with E-state index in [-0.39, 0.29) is 18.2 Å². The van der Waals surface area contributed by atoms with Crippen molar-refractivity contribution in [3.05, 3.63) is 23.8 Å². The lowest BCUT2D eigenvalue weighted by atomic mass is 10.1. The van der Waals surface area contributed by atoms with Gasteiger partial charge in [-0.2, -0.15) is 0 Å². The molecule has 0 aliphatic carbocycles. The van der Waals surface area contributed by atoms with Gasteiger partial charge in [0.1, 0.15) is 11.8 Å². The van der Waals surface area contributed by atoms with Crippen molar-refractivity contribution in [2.24, 2.45) is 0 Å². The van der Waals surface area contributed by atoms with Crippen molar-refractivity contribution in [1.82, 2.24) is 5.32 Å². The lowest BCUT2D eigenvalue weighted by molar-refractivity contribution is -0.124.